The lowest BCUT2D eigenvalue weighted by molar-refractivity contribution is 0.415. The third-order valence-corrected chi connectivity index (χ3v) is 4.54. The van der Waals surface area contributed by atoms with Crippen molar-refractivity contribution in [2.24, 2.45) is 5.41 Å². The second-order valence-corrected chi connectivity index (χ2v) is 5.98. The largest absolute Gasteiger partial charge is 0.310 e. The number of rotatable bonds is 5. The summed E-state index contributed by atoms with van der Waals surface area (Å²) >= 11 is 3.23. The Hall–Kier alpha value is -0.410. The molecule has 1 saturated carbocycles. The van der Waals surface area contributed by atoms with E-state index >= 15 is 0 Å². The minimum Gasteiger partial charge on any atom is -0.310 e. The van der Waals surface area contributed by atoms with Gasteiger partial charge in [0, 0.05) is 12.6 Å². The van der Waals surface area contributed by atoms with E-state index in [0.29, 0.717) is 9.89 Å². The van der Waals surface area contributed by atoms with Crippen molar-refractivity contribution in [3.63, 3.8) is 0 Å². The Labute approximate surface area is 111 Å². The standard InChI is InChI=1S/C14H19BrFN/c1-3-14(6-7-14)9-17-10(2)11-4-5-13(16)12(15)8-11/h4-5,8,10,17H,3,6-7,9H2,1-2H3. The first-order valence-corrected chi connectivity index (χ1v) is 7.04. The summed E-state index contributed by atoms with van der Waals surface area (Å²) in [5, 5.41) is 3.56. The summed E-state index contributed by atoms with van der Waals surface area (Å²) in [4.78, 5) is 0. The maximum absolute atomic E-state index is 13.1. The molecule has 1 unspecified atom stereocenters. The monoisotopic (exact) mass is 299 g/mol. The van der Waals surface area contributed by atoms with E-state index < -0.39 is 0 Å². The van der Waals surface area contributed by atoms with Crippen LogP contribution in [0.4, 0.5) is 4.39 Å². The smallest absolute Gasteiger partial charge is 0.137 e. The van der Waals surface area contributed by atoms with Crippen LogP contribution in [0.5, 0.6) is 0 Å². The van der Waals surface area contributed by atoms with Crippen LogP contribution in [0.2, 0.25) is 0 Å². The fourth-order valence-electron chi connectivity index (χ4n) is 2.10. The van der Waals surface area contributed by atoms with E-state index in [4.69, 9.17) is 0 Å². The third kappa shape index (κ3) is 3.08. The molecule has 1 aliphatic rings. The second-order valence-electron chi connectivity index (χ2n) is 5.13. The summed E-state index contributed by atoms with van der Waals surface area (Å²) in [6.45, 7) is 5.46. The molecule has 1 aromatic rings. The second kappa shape index (κ2) is 5.07. The minimum atomic E-state index is -0.201. The predicted octanol–water partition coefficient (Wildman–Crippen LogP) is 4.43. The summed E-state index contributed by atoms with van der Waals surface area (Å²) in [7, 11) is 0. The molecule has 1 fully saturated rings. The van der Waals surface area contributed by atoms with Crippen LogP contribution in [-0.2, 0) is 0 Å². The van der Waals surface area contributed by atoms with Gasteiger partial charge in [0.15, 0.2) is 0 Å². The van der Waals surface area contributed by atoms with Crippen molar-refractivity contribution in [3.8, 4) is 0 Å². The summed E-state index contributed by atoms with van der Waals surface area (Å²) in [5.41, 5.74) is 1.68. The molecule has 2 rings (SSSR count). The topological polar surface area (TPSA) is 12.0 Å². The molecule has 94 valence electrons. The average molecular weight is 300 g/mol. The normalized spacial score (nSPS) is 19.1. The van der Waals surface area contributed by atoms with E-state index in [1.807, 2.05) is 12.1 Å². The summed E-state index contributed by atoms with van der Waals surface area (Å²) in [5.74, 6) is -0.201. The van der Waals surface area contributed by atoms with Crippen molar-refractivity contribution in [2.75, 3.05) is 6.54 Å². The van der Waals surface area contributed by atoms with E-state index in [-0.39, 0.29) is 11.9 Å². The van der Waals surface area contributed by atoms with Crippen LogP contribution in [0.1, 0.15) is 44.7 Å². The van der Waals surface area contributed by atoms with Crippen molar-refractivity contribution >= 4 is 15.9 Å². The van der Waals surface area contributed by atoms with Crippen LogP contribution in [0, 0.1) is 11.2 Å². The Morgan fingerprint density at radius 3 is 2.71 bits per heavy atom. The minimum absolute atomic E-state index is 0.201. The van der Waals surface area contributed by atoms with Gasteiger partial charge in [-0.1, -0.05) is 13.0 Å². The first kappa shape index (κ1) is 13.0. The third-order valence-electron chi connectivity index (χ3n) is 3.93. The van der Waals surface area contributed by atoms with Gasteiger partial charge >= 0.3 is 0 Å². The molecule has 1 aliphatic carbocycles. The van der Waals surface area contributed by atoms with Crippen LogP contribution in [0.3, 0.4) is 0 Å². The molecular weight excluding hydrogens is 281 g/mol. The zero-order chi connectivity index (χ0) is 12.5. The molecule has 1 atom stereocenters. The molecule has 0 aliphatic heterocycles. The summed E-state index contributed by atoms with van der Waals surface area (Å²) in [6.07, 6.45) is 3.94. The molecule has 1 nitrogen and oxygen atoms in total. The van der Waals surface area contributed by atoms with Gasteiger partial charge in [0.05, 0.1) is 4.47 Å². The number of benzene rings is 1. The van der Waals surface area contributed by atoms with E-state index in [1.54, 1.807) is 0 Å². The molecule has 0 amide bonds. The Morgan fingerprint density at radius 1 is 1.47 bits per heavy atom. The molecular formula is C14H19BrFN. The highest BCUT2D eigenvalue weighted by molar-refractivity contribution is 9.10. The Balaban J connectivity index is 1.95. The molecule has 0 aromatic heterocycles. The number of halogens is 2. The highest BCUT2D eigenvalue weighted by Crippen LogP contribution is 2.48. The van der Waals surface area contributed by atoms with E-state index in [2.05, 4.69) is 35.1 Å². The molecule has 17 heavy (non-hydrogen) atoms. The fourth-order valence-corrected chi connectivity index (χ4v) is 2.50. The van der Waals surface area contributed by atoms with E-state index in [0.717, 1.165) is 12.1 Å². The quantitative estimate of drug-likeness (QED) is 0.848. The molecule has 3 heteroatoms. The Morgan fingerprint density at radius 2 is 2.18 bits per heavy atom. The SMILES string of the molecule is CCC1(CNC(C)c2ccc(F)c(Br)c2)CC1. The van der Waals surface area contributed by atoms with Crippen LogP contribution in [-0.4, -0.2) is 6.54 Å². The predicted molar refractivity (Wildman–Crippen MR) is 72.5 cm³/mol. The van der Waals surface area contributed by atoms with Gasteiger partial charge in [-0.05, 0) is 65.2 Å². The van der Waals surface area contributed by atoms with Crippen LogP contribution in [0.15, 0.2) is 22.7 Å². The van der Waals surface area contributed by atoms with E-state index in [1.165, 1.54) is 25.3 Å². The van der Waals surface area contributed by atoms with Gasteiger partial charge in [0.2, 0.25) is 0 Å². The van der Waals surface area contributed by atoms with Crippen LogP contribution in [0.25, 0.3) is 0 Å². The zero-order valence-electron chi connectivity index (χ0n) is 10.4. The number of nitrogens with one attached hydrogen (secondary N) is 1. The van der Waals surface area contributed by atoms with Gasteiger partial charge in [-0.2, -0.15) is 0 Å². The van der Waals surface area contributed by atoms with Gasteiger partial charge in [-0.25, -0.2) is 4.39 Å². The van der Waals surface area contributed by atoms with Gasteiger partial charge in [-0.15, -0.1) is 0 Å². The van der Waals surface area contributed by atoms with Crippen LogP contribution >= 0.6 is 15.9 Å². The summed E-state index contributed by atoms with van der Waals surface area (Å²) < 4.78 is 13.7. The zero-order valence-corrected chi connectivity index (χ0v) is 12.0. The van der Waals surface area contributed by atoms with Crippen molar-refractivity contribution in [1.82, 2.24) is 5.32 Å². The van der Waals surface area contributed by atoms with Gasteiger partial charge in [0.1, 0.15) is 5.82 Å². The lowest BCUT2D eigenvalue weighted by Crippen LogP contribution is -2.26. The molecule has 0 bridgehead atoms. The maximum atomic E-state index is 13.1. The Bertz CT molecular complexity index is 401. The molecule has 0 radical (unpaired) electrons. The molecule has 1 N–H and O–H groups in total. The fraction of sp³-hybridized carbons (Fsp3) is 0.571. The van der Waals surface area contributed by atoms with Crippen LogP contribution < -0.4 is 5.32 Å². The number of hydrogen-bond donors (Lipinski definition) is 1. The Kier molecular flexibility index (Phi) is 3.88. The highest BCUT2D eigenvalue weighted by atomic mass is 79.9. The summed E-state index contributed by atoms with van der Waals surface area (Å²) in [6, 6.07) is 5.50. The first-order valence-electron chi connectivity index (χ1n) is 6.25. The molecule has 0 spiro atoms. The highest BCUT2D eigenvalue weighted by Gasteiger charge is 2.40. The number of hydrogen-bond acceptors (Lipinski definition) is 1. The molecule has 1 aromatic carbocycles. The van der Waals surface area contributed by atoms with Gasteiger partial charge in [-0.3, -0.25) is 0 Å². The van der Waals surface area contributed by atoms with Crippen molar-refractivity contribution in [3.05, 3.63) is 34.1 Å². The lowest BCUT2D eigenvalue weighted by Gasteiger charge is -2.19. The molecule has 0 heterocycles. The first-order chi connectivity index (χ1) is 8.06. The van der Waals surface area contributed by atoms with E-state index in [9.17, 15) is 4.39 Å². The average Bonchev–Trinajstić information content (AvgIpc) is 3.10. The van der Waals surface area contributed by atoms with Crippen molar-refractivity contribution < 1.29 is 4.39 Å². The van der Waals surface area contributed by atoms with Crippen molar-refractivity contribution in [1.29, 1.82) is 0 Å². The van der Waals surface area contributed by atoms with Gasteiger partial charge in [0.25, 0.3) is 0 Å². The maximum Gasteiger partial charge on any atom is 0.137 e. The van der Waals surface area contributed by atoms with Gasteiger partial charge < -0.3 is 5.32 Å². The lowest BCUT2D eigenvalue weighted by atomic mass is 10.0. The van der Waals surface area contributed by atoms with Crippen molar-refractivity contribution in [2.45, 2.75) is 39.2 Å². The molecule has 0 saturated heterocycles.